The molecule has 4 heterocycles. The maximum Gasteiger partial charge on any atom is 0.343 e. The Kier molecular flexibility index (Phi) is 11.2. The number of anilines is 8. The molecular formula is C71H72BN3S2. The number of aryl methyl sites for hydroxylation is 1. The molecule has 386 valence electrons. The fourth-order valence-corrected chi connectivity index (χ4v) is 15.5. The van der Waals surface area contributed by atoms with Gasteiger partial charge in [-0.15, -0.1) is 22.7 Å². The Hall–Kier alpha value is -6.60. The van der Waals surface area contributed by atoms with Crippen molar-refractivity contribution < 1.29 is 0 Å². The summed E-state index contributed by atoms with van der Waals surface area (Å²) in [6, 6.07) is 61.9. The van der Waals surface area contributed by atoms with Crippen molar-refractivity contribution in [1.29, 1.82) is 0 Å². The molecule has 2 aromatic heterocycles. The lowest BCUT2D eigenvalue weighted by molar-refractivity contribution is 0.332. The molecule has 3 aliphatic rings. The molecule has 0 amide bonds. The first kappa shape index (κ1) is 49.9. The van der Waals surface area contributed by atoms with Gasteiger partial charge in [-0.2, -0.15) is 0 Å². The van der Waals surface area contributed by atoms with E-state index in [-0.39, 0.29) is 33.9 Å². The minimum absolute atomic E-state index is 0.0120. The van der Waals surface area contributed by atoms with E-state index in [1.807, 2.05) is 22.7 Å². The second kappa shape index (κ2) is 17.2. The zero-order valence-electron chi connectivity index (χ0n) is 47.7. The predicted octanol–water partition coefficient (Wildman–Crippen LogP) is 20.0. The molecular weight excluding hydrogens is 970 g/mol. The molecule has 8 aromatic carbocycles. The molecule has 0 radical (unpaired) electrons. The van der Waals surface area contributed by atoms with Crippen LogP contribution in [-0.2, 0) is 27.1 Å². The molecule has 1 aliphatic carbocycles. The van der Waals surface area contributed by atoms with Crippen LogP contribution in [0.2, 0.25) is 0 Å². The summed E-state index contributed by atoms with van der Waals surface area (Å²) in [6.07, 6.45) is 2.32. The lowest BCUT2D eigenvalue weighted by Gasteiger charge is -2.47. The van der Waals surface area contributed by atoms with Crippen molar-refractivity contribution in [2.24, 2.45) is 0 Å². The summed E-state index contributed by atoms with van der Waals surface area (Å²) in [5, 5.41) is 3.93. The Morgan fingerprint density at radius 2 is 1.01 bits per heavy atom. The lowest BCUT2D eigenvalue weighted by Crippen LogP contribution is -2.60. The quantitative estimate of drug-likeness (QED) is 0.159. The summed E-state index contributed by atoms with van der Waals surface area (Å²) in [6.45, 7) is 33.0. The highest BCUT2D eigenvalue weighted by Gasteiger charge is 2.49. The fraction of sp³-hybridized carbons (Fsp3) is 0.296. The number of benzene rings is 8. The Balaban J connectivity index is 1.20. The molecule has 2 aliphatic heterocycles. The van der Waals surface area contributed by atoms with Gasteiger partial charge in [-0.1, -0.05) is 169 Å². The third kappa shape index (κ3) is 7.93. The molecule has 10 aromatic rings. The van der Waals surface area contributed by atoms with Gasteiger partial charge in [0.05, 0.1) is 5.69 Å². The van der Waals surface area contributed by atoms with Crippen LogP contribution < -0.4 is 24.9 Å². The zero-order chi connectivity index (χ0) is 53.9. The van der Waals surface area contributed by atoms with Crippen molar-refractivity contribution in [3.63, 3.8) is 0 Å². The van der Waals surface area contributed by atoms with Gasteiger partial charge in [-0.3, -0.25) is 0 Å². The number of thiophene rings is 2. The highest BCUT2D eigenvalue weighted by atomic mass is 32.1. The van der Waals surface area contributed by atoms with Gasteiger partial charge in [-0.05, 0) is 170 Å². The first-order valence-electron chi connectivity index (χ1n) is 28.0. The van der Waals surface area contributed by atoms with Crippen LogP contribution in [0.1, 0.15) is 136 Å². The van der Waals surface area contributed by atoms with Gasteiger partial charge in [-0.25, -0.2) is 0 Å². The van der Waals surface area contributed by atoms with Crippen LogP contribution in [0.25, 0.3) is 41.4 Å². The minimum atomic E-state index is -0.119. The van der Waals surface area contributed by atoms with Gasteiger partial charge in [0, 0.05) is 80.4 Å². The molecule has 0 saturated heterocycles. The van der Waals surface area contributed by atoms with Crippen LogP contribution in [-0.4, -0.2) is 6.85 Å². The van der Waals surface area contributed by atoms with E-state index in [1.54, 1.807) is 0 Å². The van der Waals surface area contributed by atoms with E-state index in [4.69, 9.17) is 0 Å². The summed E-state index contributed by atoms with van der Waals surface area (Å²) >= 11 is 3.89. The molecule has 0 bridgehead atoms. The summed E-state index contributed by atoms with van der Waals surface area (Å²) in [5.41, 5.74) is 22.0. The smallest absolute Gasteiger partial charge is 0.343 e. The van der Waals surface area contributed by atoms with Crippen LogP contribution in [0.3, 0.4) is 0 Å². The van der Waals surface area contributed by atoms with E-state index in [2.05, 4.69) is 269 Å². The van der Waals surface area contributed by atoms with Crippen molar-refractivity contribution in [3.8, 4) is 11.1 Å². The van der Waals surface area contributed by atoms with E-state index >= 15 is 0 Å². The summed E-state index contributed by atoms with van der Waals surface area (Å²) < 4.78 is 5.30. The molecule has 0 N–H and O–H groups in total. The third-order valence-electron chi connectivity index (χ3n) is 17.7. The van der Waals surface area contributed by atoms with Crippen molar-refractivity contribution in [1.82, 2.24) is 0 Å². The Morgan fingerprint density at radius 3 is 1.58 bits per heavy atom. The molecule has 6 heteroatoms. The first-order chi connectivity index (χ1) is 36.5. The van der Waals surface area contributed by atoms with Crippen molar-refractivity contribution >= 4 is 116 Å². The largest absolute Gasteiger partial charge is 0.376 e. The number of nitrogens with zero attached hydrogens (tertiary/aromatic N) is 3. The van der Waals surface area contributed by atoms with Gasteiger partial charge in [0.1, 0.15) is 0 Å². The minimum Gasteiger partial charge on any atom is -0.376 e. The topological polar surface area (TPSA) is 9.72 Å². The second-order valence-electron chi connectivity index (χ2n) is 27.0. The van der Waals surface area contributed by atoms with Crippen molar-refractivity contribution in [2.75, 3.05) is 14.6 Å². The average molecular weight is 1040 g/mol. The monoisotopic (exact) mass is 1040 g/mol. The Morgan fingerprint density at radius 1 is 0.494 bits per heavy atom. The van der Waals surface area contributed by atoms with Gasteiger partial charge in [0.25, 0.3) is 0 Å². The van der Waals surface area contributed by atoms with Crippen molar-refractivity contribution in [3.05, 3.63) is 191 Å². The van der Waals surface area contributed by atoms with Gasteiger partial charge in [0.15, 0.2) is 0 Å². The number of rotatable bonds is 5. The fourth-order valence-electron chi connectivity index (χ4n) is 13.1. The first-order valence-corrected chi connectivity index (χ1v) is 29.6. The molecule has 13 rings (SSSR count). The van der Waals surface area contributed by atoms with E-state index in [9.17, 15) is 0 Å². The molecule has 3 nitrogen and oxygen atoms in total. The van der Waals surface area contributed by atoms with Gasteiger partial charge in [0.2, 0.25) is 0 Å². The van der Waals surface area contributed by atoms with E-state index in [0.717, 1.165) is 23.5 Å². The molecule has 0 unspecified atom stereocenters. The van der Waals surface area contributed by atoms with Gasteiger partial charge < -0.3 is 14.6 Å². The molecule has 0 saturated carbocycles. The van der Waals surface area contributed by atoms with E-state index in [0.29, 0.717) is 0 Å². The number of hydrogen-bond donors (Lipinski definition) is 0. The summed E-state index contributed by atoms with van der Waals surface area (Å²) in [7, 11) is 0. The highest BCUT2D eigenvalue weighted by Crippen LogP contribution is 2.57. The number of hydrogen-bond acceptors (Lipinski definition) is 5. The zero-order valence-corrected chi connectivity index (χ0v) is 49.3. The third-order valence-corrected chi connectivity index (χ3v) is 20.0. The van der Waals surface area contributed by atoms with Gasteiger partial charge >= 0.3 is 6.85 Å². The lowest BCUT2D eigenvalue weighted by atomic mass is 9.46. The van der Waals surface area contributed by atoms with Crippen LogP contribution in [0.4, 0.5) is 45.5 Å². The maximum absolute atomic E-state index is 2.74. The average Bonchev–Trinajstić information content (AvgIpc) is 3.87. The normalized spacial score (nSPS) is 15.7. The SMILES string of the molecule is Cc1cc2c(cc1N1c3cc(N(c4ccc(C(C)(C)C)cc4)c4ccc(C(C)(C)C)cc4)cc4c3B(c3sc5ccccc5c31)N(c1ccc(C(C)(C)C)cc1)c1ccc3sc5ccccc5c3c1-4)C(C)(C)CCC2(C)C. The maximum atomic E-state index is 2.74. The molecule has 77 heavy (non-hydrogen) atoms. The molecule has 0 atom stereocenters. The van der Waals surface area contributed by atoms with Crippen LogP contribution in [0.5, 0.6) is 0 Å². The molecule has 0 spiro atoms. The summed E-state index contributed by atoms with van der Waals surface area (Å²) in [5.74, 6) is 0. The predicted molar refractivity (Wildman–Crippen MR) is 339 cm³/mol. The standard InChI is InChI=1S/C71H72BN3S2/c1-43-39-54-55(71(13,14)38-37-70(54,11)12)42-57(43)74-58-41-50(73(47-29-23-44(24-30-47)67(2,3)4)48-31-25-45(26-32-48)68(5,6)7)40-53-62-56(35-36-61-63(62)51-19-15-17-21-59(51)76-61)75(49-33-27-46(28-34-49)69(8,9)10)72(64(53)58)66-65(74)52-20-16-18-22-60(52)77-66/h15-36,39-42H,37-38H2,1-14H3. The van der Waals surface area contributed by atoms with E-state index < -0.39 is 0 Å². The number of fused-ring (bicyclic) bond motifs is 11. The summed E-state index contributed by atoms with van der Waals surface area (Å²) in [4.78, 5) is 8.00. The van der Waals surface area contributed by atoms with Crippen molar-refractivity contribution in [2.45, 2.75) is 137 Å². The highest BCUT2D eigenvalue weighted by molar-refractivity contribution is 7.32. The Bertz CT molecular complexity index is 3940. The molecule has 0 fully saturated rings. The van der Waals surface area contributed by atoms with Crippen LogP contribution >= 0.6 is 22.7 Å². The van der Waals surface area contributed by atoms with E-state index in [1.165, 1.54) is 120 Å². The van der Waals surface area contributed by atoms with Crippen LogP contribution in [0.15, 0.2) is 158 Å². The second-order valence-corrected chi connectivity index (χ2v) is 29.1. The van der Waals surface area contributed by atoms with Crippen LogP contribution in [0, 0.1) is 6.92 Å². The Labute approximate surface area is 466 Å².